The topological polar surface area (TPSA) is 80.7 Å². The average molecular weight is 738 g/mol. The Kier molecular flexibility index (Phi) is 7.64. The Labute approximate surface area is 205 Å². The van der Waals surface area contributed by atoms with Crippen molar-refractivity contribution in [3.63, 3.8) is 0 Å². The molecule has 0 unspecified atom stereocenters. The molecule has 1 aliphatic carbocycles. The molecule has 150 valence electrons. The van der Waals surface area contributed by atoms with Gasteiger partial charge in [0.1, 0.15) is 5.75 Å². The van der Waals surface area contributed by atoms with Crippen LogP contribution in [0.2, 0.25) is 0 Å². The molecule has 0 saturated carbocycles. The number of ether oxygens (including phenoxy) is 1. The van der Waals surface area contributed by atoms with E-state index in [2.05, 4.69) is 67.8 Å². The predicted octanol–water partition coefficient (Wildman–Crippen LogP) is 5.63. The van der Waals surface area contributed by atoms with Gasteiger partial charge in [0, 0.05) is 10.7 Å². The lowest BCUT2D eigenvalue weighted by Gasteiger charge is -2.20. The van der Waals surface area contributed by atoms with Crippen LogP contribution in [0.15, 0.2) is 29.2 Å². The van der Waals surface area contributed by atoms with Crippen LogP contribution in [0.1, 0.15) is 47.2 Å². The van der Waals surface area contributed by atoms with Gasteiger partial charge in [0.05, 0.1) is 10.5 Å². The van der Waals surface area contributed by atoms with Crippen LogP contribution < -0.4 is 4.74 Å². The van der Waals surface area contributed by atoms with Gasteiger partial charge in [-0.1, -0.05) is 12.8 Å². The number of halogens is 3. The van der Waals surface area contributed by atoms with E-state index in [-0.39, 0.29) is 4.90 Å². The molecule has 1 aliphatic rings. The number of fused-ring (bicyclic) bond motifs is 1. The quantitative estimate of drug-likeness (QED) is 0.146. The average Bonchev–Trinajstić information content (AvgIpc) is 2.57. The van der Waals surface area contributed by atoms with Gasteiger partial charge in [-0.2, -0.15) is 8.42 Å². The van der Waals surface area contributed by atoms with Crippen molar-refractivity contribution in [2.75, 3.05) is 0 Å². The molecule has 0 radical (unpaired) electrons. The minimum absolute atomic E-state index is 0.0809. The van der Waals surface area contributed by atoms with Crippen molar-refractivity contribution in [1.82, 2.24) is 0 Å². The second kappa shape index (κ2) is 9.43. The zero-order chi connectivity index (χ0) is 20.5. The lowest BCUT2D eigenvalue weighted by molar-refractivity contribution is 0.0731. The van der Waals surface area contributed by atoms with Crippen LogP contribution in [0.5, 0.6) is 5.75 Å². The first-order valence-corrected chi connectivity index (χ1v) is 13.3. The molecule has 0 heterocycles. The Bertz CT molecular complexity index is 1030. The van der Waals surface area contributed by atoms with E-state index in [4.69, 9.17) is 4.74 Å². The minimum Gasteiger partial charge on any atom is -0.423 e. The van der Waals surface area contributed by atoms with E-state index in [1.807, 2.05) is 6.07 Å². The third kappa shape index (κ3) is 5.19. The number of rotatable bonds is 3. The molecule has 0 atom stereocenters. The maximum atomic E-state index is 12.9. The summed E-state index contributed by atoms with van der Waals surface area (Å²) in [4.78, 5) is 12.8. The number of carbonyl (C=O) groups is 1. The molecule has 2 aromatic rings. The molecular formula is C19H17I3O5S. The van der Waals surface area contributed by atoms with E-state index in [0.29, 0.717) is 35.3 Å². The Hall–Kier alpha value is 0.0100. The van der Waals surface area contributed by atoms with Crippen molar-refractivity contribution in [1.29, 1.82) is 0 Å². The summed E-state index contributed by atoms with van der Waals surface area (Å²) in [6.07, 6.45) is 4.91. The predicted molar refractivity (Wildman–Crippen MR) is 132 cm³/mol. The van der Waals surface area contributed by atoms with E-state index < -0.39 is 16.1 Å². The van der Waals surface area contributed by atoms with Crippen molar-refractivity contribution in [3.05, 3.63) is 51.7 Å². The van der Waals surface area contributed by atoms with Crippen molar-refractivity contribution in [2.45, 2.75) is 43.4 Å². The number of hydrogen-bond acceptors (Lipinski definition) is 4. The summed E-state index contributed by atoms with van der Waals surface area (Å²) < 4.78 is 41.7. The maximum Gasteiger partial charge on any atom is 0.344 e. The van der Waals surface area contributed by atoms with E-state index in [1.54, 1.807) is 6.07 Å². The van der Waals surface area contributed by atoms with E-state index >= 15 is 0 Å². The van der Waals surface area contributed by atoms with Crippen LogP contribution in [-0.2, 0) is 23.0 Å². The van der Waals surface area contributed by atoms with Gasteiger partial charge in [-0.05, 0) is 129 Å². The molecule has 0 amide bonds. The minimum atomic E-state index is -4.33. The van der Waals surface area contributed by atoms with Gasteiger partial charge in [-0.25, -0.2) is 4.79 Å². The summed E-state index contributed by atoms with van der Waals surface area (Å²) in [6.45, 7) is 0. The van der Waals surface area contributed by atoms with Gasteiger partial charge in [0.15, 0.2) is 0 Å². The number of carbonyl (C=O) groups excluding carboxylic acids is 1. The summed E-state index contributed by atoms with van der Waals surface area (Å²) in [5.41, 5.74) is 1.76. The third-order valence-electron chi connectivity index (χ3n) is 4.64. The summed E-state index contributed by atoms with van der Waals surface area (Å²) in [6, 6.07) is 6.58. The zero-order valence-electron chi connectivity index (χ0n) is 14.7. The van der Waals surface area contributed by atoms with E-state index in [1.165, 1.54) is 12.1 Å². The number of benzene rings is 2. The fraction of sp³-hybridized carbons (Fsp3) is 0.316. The Morgan fingerprint density at radius 1 is 0.964 bits per heavy atom. The normalized spacial score (nSPS) is 14.7. The Balaban J connectivity index is 2.05. The smallest absolute Gasteiger partial charge is 0.344 e. The first-order chi connectivity index (χ1) is 13.2. The van der Waals surface area contributed by atoms with E-state index in [9.17, 15) is 17.8 Å². The highest BCUT2D eigenvalue weighted by molar-refractivity contribution is 14.1. The van der Waals surface area contributed by atoms with Gasteiger partial charge in [-0.15, -0.1) is 0 Å². The molecule has 5 nitrogen and oxygen atoms in total. The van der Waals surface area contributed by atoms with Crippen molar-refractivity contribution in [2.24, 2.45) is 0 Å². The maximum absolute atomic E-state index is 12.9. The highest BCUT2D eigenvalue weighted by Crippen LogP contribution is 2.34. The molecule has 1 N–H and O–H groups in total. The fourth-order valence-electron chi connectivity index (χ4n) is 3.35. The highest BCUT2D eigenvalue weighted by atomic mass is 127. The van der Waals surface area contributed by atoms with Crippen LogP contribution >= 0.6 is 67.8 Å². The van der Waals surface area contributed by atoms with Crippen molar-refractivity contribution >= 4 is 83.9 Å². The molecule has 0 aliphatic heterocycles. The van der Waals surface area contributed by atoms with Crippen LogP contribution in [0.4, 0.5) is 0 Å². The summed E-state index contributed by atoms with van der Waals surface area (Å²) in [5.74, 6) is -0.0938. The van der Waals surface area contributed by atoms with Gasteiger partial charge in [0.25, 0.3) is 10.1 Å². The second-order valence-corrected chi connectivity index (χ2v) is 11.4. The largest absolute Gasteiger partial charge is 0.423 e. The van der Waals surface area contributed by atoms with Gasteiger partial charge in [-0.3, -0.25) is 4.55 Å². The summed E-state index contributed by atoms with van der Waals surface area (Å²) in [7, 11) is -4.33. The van der Waals surface area contributed by atoms with Gasteiger partial charge >= 0.3 is 5.97 Å². The molecule has 0 bridgehead atoms. The van der Waals surface area contributed by atoms with Crippen LogP contribution in [-0.4, -0.2) is 18.9 Å². The van der Waals surface area contributed by atoms with Crippen LogP contribution in [0, 0.1) is 10.7 Å². The molecule has 0 fully saturated rings. The summed E-state index contributed by atoms with van der Waals surface area (Å²) >= 11 is 6.47. The molecule has 0 saturated heterocycles. The molecule has 3 rings (SSSR count). The highest BCUT2D eigenvalue weighted by Gasteiger charge is 2.24. The molecular weight excluding hydrogens is 721 g/mol. The zero-order valence-corrected chi connectivity index (χ0v) is 22.0. The van der Waals surface area contributed by atoms with Crippen molar-refractivity contribution < 1.29 is 22.5 Å². The standard InChI is InChI=1S/C19H17I3O5S/c20-11-9-14(18(22)15(21)10-11)19(23)27-16-7-8-17(28(24,25)26)13-6-4-2-1-3-5-12(13)16/h7-10H,1-6H2,(H,24,25,26). The van der Waals surface area contributed by atoms with Gasteiger partial charge < -0.3 is 4.74 Å². The fourth-order valence-corrected chi connectivity index (χ4v) is 6.50. The molecule has 28 heavy (non-hydrogen) atoms. The Morgan fingerprint density at radius 2 is 1.61 bits per heavy atom. The molecule has 2 aromatic carbocycles. The third-order valence-corrected chi connectivity index (χ3v) is 9.25. The van der Waals surface area contributed by atoms with Crippen molar-refractivity contribution in [3.8, 4) is 5.75 Å². The molecule has 9 heteroatoms. The lowest BCUT2D eigenvalue weighted by atomic mass is 9.92. The second-order valence-electron chi connectivity index (χ2n) is 6.55. The number of hydrogen-bond donors (Lipinski definition) is 1. The van der Waals surface area contributed by atoms with E-state index in [0.717, 1.165) is 36.4 Å². The van der Waals surface area contributed by atoms with Crippen LogP contribution in [0.25, 0.3) is 0 Å². The first kappa shape index (κ1) is 22.7. The summed E-state index contributed by atoms with van der Waals surface area (Å²) in [5, 5.41) is 0. The first-order valence-electron chi connectivity index (χ1n) is 8.67. The number of esters is 1. The SMILES string of the molecule is O=C(Oc1ccc(S(=O)(=O)O)c2c1CCCCCC2)c1cc(I)cc(I)c1I. The molecule has 0 spiro atoms. The molecule has 0 aromatic heterocycles. The lowest BCUT2D eigenvalue weighted by Crippen LogP contribution is -2.15. The monoisotopic (exact) mass is 738 g/mol. The van der Waals surface area contributed by atoms with Gasteiger partial charge in [0.2, 0.25) is 0 Å². The Morgan fingerprint density at radius 3 is 2.25 bits per heavy atom. The van der Waals surface area contributed by atoms with Crippen LogP contribution in [0.3, 0.4) is 0 Å².